The molecule has 3 rings (SSSR count). The molecule has 0 spiro atoms. The van der Waals surface area contributed by atoms with E-state index in [0.717, 1.165) is 35.6 Å². The third kappa shape index (κ3) is 2.75. The molecular weight excluding hydrogens is 266 g/mol. The van der Waals surface area contributed by atoms with Crippen LogP contribution in [0.15, 0.2) is 24.3 Å². The number of benzene rings is 1. The molecule has 0 aliphatic carbocycles. The van der Waals surface area contributed by atoms with Crippen molar-refractivity contribution < 1.29 is 0 Å². The summed E-state index contributed by atoms with van der Waals surface area (Å²) >= 11 is 1.98. The highest BCUT2D eigenvalue weighted by atomic mass is 32.2. The normalized spacial score (nSPS) is 20.1. The molecule has 0 radical (unpaired) electrons. The summed E-state index contributed by atoms with van der Waals surface area (Å²) in [4.78, 5) is 12.0. The van der Waals surface area contributed by atoms with Crippen LogP contribution in [0.4, 0.5) is 5.82 Å². The van der Waals surface area contributed by atoms with E-state index in [9.17, 15) is 0 Å². The van der Waals surface area contributed by atoms with Gasteiger partial charge in [0.05, 0.1) is 16.7 Å². The highest BCUT2D eigenvalue weighted by Crippen LogP contribution is 2.26. The molecule has 1 aliphatic rings. The van der Waals surface area contributed by atoms with Gasteiger partial charge in [0.1, 0.15) is 0 Å². The molecule has 20 heavy (non-hydrogen) atoms. The number of hydrogen-bond donors (Lipinski definition) is 0. The summed E-state index contributed by atoms with van der Waals surface area (Å²) in [6.45, 7) is 4.27. The van der Waals surface area contributed by atoms with Crippen LogP contribution >= 0.6 is 11.8 Å². The zero-order valence-electron chi connectivity index (χ0n) is 12.2. The monoisotopic (exact) mass is 287 g/mol. The highest BCUT2D eigenvalue weighted by Gasteiger charge is 2.20. The van der Waals surface area contributed by atoms with E-state index in [1.54, 1.807) is 0 Å². The van der Waals surface area contributed by atoms with Gasteiger partial charge in [-0.2, -0.15) is 11.8 Å². The summed E-state index contributed by atoms with van der Waals surface area (Å²) in [7, 11) is 0. The number of fused-ring (bicyclic) bond motifs is 1. The predicted molar refractivity (Wildman–Crippen MR) is 87.6 cm³/mol. The van der Waals surface area contributed by atoms with E-state index in [1.807, 2.05) is 30.0 Å². The Labute approximate surface area is 124 Å². The third-order valence-corrected chi connectivity index (χ3v) is 5.03. The fourth-order valence-electron chi connectivity index (χ4n) is 2.87. The first-order valence-corrected chi connectivity index (χ1v) is 8.58. The van der Waals surface area contributed by atoms with Crippen molar-refractivity contribution in [1.82, 2.24) is 9.97 Å². The van der Waals surface area contributed by atoms with Crippen LogP contribution < -0.4 is 4.90 Å². The van der Waals surface area contributed by atoms with E-state index in [-0.39, 0.29) is 0 Å². The van der Waals surface area contributed by atoms with Gasteiger partial charge in [0.15, 0.2) is 5.82 Å². The molecule has 1 fully saturated rings. The van der Waals surface area contributed by atoms with Crippen LogP contribution in [0, 0.1) is 6.92 Å². The Morgan fingerprint density at radius 1 is 1.15 bits per heavy atom. The number of para-hydroxylation sites is 2. The molecule has 2 aromatic rings. The van der Waals surface area contributed by atoms with E-state index >= 15 is 0 Å². The Morgan fingerprint density at radius 3 is 2.65 bits per heavy atom. The topological polar surface area (TPSA) is 29.0 Å². The molecule has 0 saturated carbocycles. The Morgan fingerprint density at radius 2 is 1.90 bits per heavy atom. The molecule has 4 heteroatoms. The molecule has 1 aromatic heterocycles. The zero-order valence-corrected chi connectivity index (χ0v) is 13.0. The number of hydrogen-bond acceptors (Lipinski definition) is 4. The fourth-order valence-corrected chi connectivity index (χ4v) is 3.60. The first-order chi connectivity index (χ1) is 9.78. The lowest BCUT2D eigenvalue weighted by molar-refractivity contribution is 0.736. The largest absolute Gasteiger partial charge is 0.354 e. The first-order valence-electron chi connectivity index (χ1n) is 7.29. The first kappa shape index (κ1) is 13.7. The van der Waals surface area contributed by atoms with Gasteiger partial charge in [0.2, 0.25) is 0 Å². The van der Waals surface area contributed by atoms with Crippen LogP contribution in [-0.4, -0.2) is 34.6 Å². The van der Waals surface area contributed by atoms with Crippen LogP contribution in [0.5, 0.6) is 0 Å². The van der Waals surface area contributed by atoms with Crippen LogP contribution in [-0.2, 0) is 0 Å². The molecule has 3 nitrogen and oxygen atoms in total. The molecule has 1 aromatic carbocycles. The Bertz CT molecular complexity index is 599. The number of anilines is 1. The van der Waals surface area contributed by atoms with Gasteiger partial charge in [0, 0.05) is 18.3 Å². The van der Waals surface area contributed by atoms with Crippen molar-refractivity contribution in [3.8, 4) is 0 Å². The molecule has 1 unspecified atom stereocenters. The molecule has 0 bridgehead atoms. The maximum Gasteiger partial charge on any atom is 0.150 e. The second kappa shape index (κ2) is 6.00. The molecule has 0 N–H and O–H groups in total. The van der Waals surface area contributed by atoms with Crippen molar-refractivity contribution in [2.24, 2.45) is 0 Å². The average molecular weight is 287 g/mol. The Hall–Kier alpha value is -1.29. The van der Waals surface area contributed by atoms with Crippen molar-refractivity contribution in [1.29, 1.82) is 0 Å². The van der Waals surface area contributed by atoms with Gasteiger partial charge in [-0.15, -0.1) is 0 Å². The quantitative estimate of drug-likeness (QED) is 0.843. The summed E-state index contributed by atoms with van der Waals surface area (Å²) in [5, 5.41) is 0.713. The van der Waals surface area contributed by atoms with Gasteiger partial charge in [0.25, 0.3) is 0 Å². The molecule has 1 saturated heterocycles. The van der Waals surface area contributed by atoms with Gasteiger partial charge in [-0.25, -0.2) is 9.97 Å². The van der Waals surface area contributed by atoms with Gasteiger partial charge in [-0.05, 0) is 38.2 Å². The highest BCUT2D eigenvalue weighted by molar-refractivity contribution is 7.99. The van der Waals surface area contributed by atoms with Crippen molar-refractivity contribution in [3.63, 3.8) is 0 Å². The summed E-state index contributed by atoms with van der Waals surface area (Å²) < 4.78 is 0. The van der Waals surface area contributed by atoms with Gasteiger partial charge >= 0.3 is 0 Å². The molecular formula is C16H21N3S. The maximum atomic E-state index is 4.86. The number of aryl methyl sites for hydroxylation is 1. The number of nitrogens with zero attached hydrogens (tertiary/aromatic N) is 3. The number of rotatable bonds is 2. The van der Waals surface area contributed by atoms with E-state index in [4.69, 9.17) is 9.97 Å². The molecule has 0 amide bonds. The summed E-state index contributed by atoms with van der Waals surface area (Å²) in [5.41, 5.74) is 3.04. The van der Waals surface area contributed by atoms with E-state index in [0.29, 0.717) is 5.25 Å². The summed E-state index contributed by atoms with van der Waals surface area (Å²) in [6, 6.07) is 8.14. The maximum absolute atomic E-state index is 4.86. The lowest BCUT2D eigenvalue weighted by Gasteiger charge is -2.26. The lowest BCUT2D eigenvalue weighted by atomic mass is 10.2. The average Bonchev–Trinajstić information content (AvgIpc) is 2.72. The van der Waals surface area contributed by atoms with E-state index in [2.05, 4.69) is 24.1 Å². The molecule has 1 atom stereocenters. The SMILES string of the molecule is CSC1CCCCN(c2nc3ccccc3nc2C)C1. The summed E-state index contributed by atoms with van der Waals surface area (Å²) in [5.74, 6) is 1.07. The minimum Gasteiger partial charge on any atom is -0.354 e. The van der Waals surface area contributed by atoms with Crippen LogP contribution in [0.25, 0.3) is 11.0 Å². The van der Waals surface area contributed by atoms with Crippen LogP contribution in [0.3, 0.4) is 0 Å². The molecule has 1 aliphatic heterocycles. The van der Waals surface area contributed by atoms with Gasteiger partial charge in [-0.1, -0.05) is 18.6 Å². The number of thioether (sulfide) groups is 1. The van der Waals surface area contributed by atoms with E-state index < -0.39 is 0 Å². The lowest BCUT2D eigenvalue weighted by Crippen LogP contribution is -2.31. The summed E-state index contributed by atoms with van der Waals surface area (Å²) in [6.07, 6.45) is 6.11. The second-order valence-electron chi connectivity index (χ2n) is 5.42. The van der Waals surface area contributed by atoms with Crippen LogP contribution in [0.2, 0.25) is 0 Å². The Balaban J connectivity index is 1.97. The fraction of sp³-hybridized carbons (Fsp3) is 0.500. The minimum absolute atomic E-state index is 0.713. The minimum atomic E-state index is 0.713. The molecule has 106 valence electrons. The Kier molecular flexibility index (Phi) is 4.10. The zero-order chi connectivity index (χ0) is 13.9. The van der Waals surface area contributed by atoms with E-state index in [1.165, 1.54) is 19.3 Å². The van der Waals surface area contributed by atoms with Gasteiger partial charge < -0.3 is 4.90 Å². The van der Waals surface area contributed by atoms with Crippen molar-refractivity contribution in [3.05, 3.63) is 30.0 Å². The number of aromatic nitrogens is 2. The third-order valence-electron chi connectivity index (χ3n) is 3.98. The standard InChI is InChI=1S/C16H21N3S/c1-12-16(18-15-9-4-3-8-14(15)17-12)19-10-6-5-7-13(11-19)20-2/h3-4,8-9,13H,5-7,10-11H2,1-2H3. The van der Waals surface area contributed by atoms with Crippen LogP contribution in [0.1, 0.15) is 25.0 Å². The van der Waals surface area contributed by atoms with Crippen molar-refractivity contribution in [2.75, 3.05) is 24.2 Å². The molecule has 2 heterocycles. The smallest absolute Gasteiger partial charge is 0.150 e. The van der Waals surface area contributed by atoms with Crippen molar-refractivity contribution in [2.45, 2.75) is 31.4 Å². The van der Waals surface area contributed by atoms with Gasteiger partial charge in [-0.3, -0.25) is 0 Å². The second-order valence-corrected chi connectivity index (χ2v) is 6.56. The predicted octanol–water partition coefficient (Wildman–Crippen LogP) is 3.66. The van der Waals surface area contributed by atoms with Crippen molar-refractivity contribution >= 4 is 28.6 Å².